The van der Waals surface area contributed by atoms with Crippen LogP contribution in [0.1, 0.15) is 21.5 Å². The van der Waals surface area contributed by atoms with Crippen molar-refractivity contribution in [3.05, 3.63) is 47.0 Å². The summed E-state index contributed by atoms with van der Waals surface area (Å²) in [6.45, 7) is 1.41. The van der Waals surface area contributed by atoms with Crippen molar-refractivity contribution in [1.29, 1.82) is 0 Å². The maximum Gasteiger partial charge on any atom is 0.416 e. The zero-order chi connectivity index (χ0) is 24.2. The molecule has 0 N–H and O–H groups in total. The van der Waals surface area contributed by atoms with E-state index in [4.69, 9.17) is 9.47 Å². The van der Waals surface area contributed by atoms with Gasteiger partial charge in [0.05, 0.1) is 17.7 Å². The van der Waals surface area contributed by atoms with Crippen molar-refractivity contribution in [2.75, 3.05) is 51.4 Å². The minimum Gasteiger partial charge on any atom is -0.474 e. The van der Waals surface area contributed by atoms with Crippen molar-refractivity contribution in [3.8, 4) is 5.88 Å². The first kappa shape index (κ1) is 24.6. The second-order valence-electron chi connectivity index (χ2n) is 7.14. The van der Waals surface area contributed by atoms with Gasteiger partial charge in [-0.1, -0.05) is 0 Å². The van der Waals surface area contributed by atoms with Gasteiger partial charge in [-0.3, -0.25) is 4.79 Å². The number of amides is 1. The molecule has 1 amide bonds. The van der Waals surface area contributed by atoms with Gasteiger partial charge >= 0.3 is 12.4 Å². The van der Waals surface area contributed by atoms with Gasteiger partial charge in [0.1, 0.15) is 6.61 Å². The van der Waals surface area contributed by atoms with Crippen LogP contribution in [-0.4, -0.2) is 67.5 Å². The van der Waals surface area contributed by atoms with Gasteiger partial charge < -0.3 is 19.3 Å². The van der Waals surface area contributed by atoms with E-state index in [-0.39, 0.29) is 32.2 Å². The Hall–Kier alpha value is -3.09. The Kier molecular flexibility index (Phi) is 7.30. The summed E-state index contributed by atoms with van der Waals surface area (Å²) in [5.74, 6) is -0.103. The van der Waals surface area contributed by atoms with E-state index in [0.717, 1.165) is 0 Å². The average molecular weight is 478 g/mol. The molecule has 1 aliphatic rings. The molecule has 13 heteroatoms. The van der Waals surface area contributed by atoms with E-state index in [9.17, 15) is 31.1 Å². The van der Waals surface area contributed by atoms with E-state index in [0.29, 0.717) is 37.0 Å². The van der Waals surface area contributed by atoms with Gasteiger partial charge in [0.25, 0.3) is 5.91 Å². The molecule has 2 aromatic rings. The van der Waals surface area contributed by atoms with Crippen molar-refractivity contribution < 1.29 is 40.6 Å². The molecule has 1 aliphatic heterocycles. The van der Waals surface area contributed by atoms with Crippen LogP contribution in [-0.2, 0) is 17.1 Å². The molecule has 2 heterocycles. The topological polar surface area (TPSA) is 67.8 Å². The van der Waals surface area contributed by atoms with Crippen molar-refractivity contribution in [3.63, 3.8) is 0 Å². The summed E-state index contributed by atoms with van der Waals surface area (Å²) in [7, 11) is 1.53. The Balaban J connectivity index is 1.68. The molecule has 1 fully saturated rings. The zero-order valence-electron chi connectivity index (χ0n) is 17.4. The molecule has 1 aromatic carbocycles. The number of hydrogen-bond donors (Lipinski definition) is 0. The second kappa shape index (κ2) is 9.81. The Bertz CT molecular complexity index is 926. The molecule has 7 nitrogen and oxygen atoms in total. The van der Waals surface area contributed by atoms with E-state index in [2.05, 4.69) is 10.2 Å². The van der Waals surface area contributed by atoms with E-state index < -0.39 is 35.0 Å². The summed E-state index contributed by atoms with van der Waals surface area (Å²) in [5, 5.41) is 7.97. The van der Waals surface area contributed by atoms with Crippen LogP contribution in [0.4, 0.5) is 32.2 Å². The quantitative estimate of drug-likeness (QED) is 0.468. The highest BCUT2D eigenvalue weighted by molar-refractivity contribution is 5.95. The number of rotatable bonds is 6. The fraction of sp³-hybridized carbons (Fsp3) is 0.450. The monoisotopic (exact) mass is 478 g/mol. The van der Waals surface area contributed by atoms with Crippen LogP contribution < -0.4 is 9.64 Å². The number of ether oxygens (including phenoxy) is 2. The number of carbonyl (C=O) groups excluding carboxylic acids is 1. The van der Waals surface area contributed by atoms with Gasteiger partial charge in [0, 0.05) is 44.9 Å². The van der Waals surface area contributed by atoms with Crippen LogP contribution in [0, 0.1) is 0 Å². The molecule has 0 saturated carbocycles. The molecule has 0 radical (unpaired) electrons. The highest BCUT2D eigenvalue weighted by Gasteiger charge is 2.38. The van der Waals surface area contributed by atoms with Crippen molar-refractivity contribution in [2.24, 2.45) is 0 Å². The number of halogens is 6. The van der Waals surface area contributed by atoms with Gasteiger partial charge in [0.2, 0.25) is 5.88 Å². The van der Waals surface area contributed by atoms with Gasteiger partial charge in [-0.15, -0.1) is 10.2 Å². The van der Waals surface area contributed by atoms with E-state index >= 15 is 0 Å². The van der Waals surface area contributed by atoms with Crippen LogP contribution in [0.15, 0.2) is 30.3 Å². The van der Waals surface area contributed by atoms with Crippen LogP contribution >= 0.6 is 0 Å². The first-order valence-corrected chi connectivity index (χ1v) is 9.78. The zero-order valence-corrected chi connectivity index (χ0v) is 17.4. The normalized spacial score (nSPS) is 15.0. The highest BCUT2D eigenvalue weighted by atomic mass is 19.4. The summed E-state index contributed by atoms with van der Waals surface area (Å²) in [6, 6.07) is 4.15. The van der Waals surface area contributed by atoms with Crippen LogP contribution in [0.2, 0.25) is 0 Å². The number of hydrogen-bond acceptors (Lipinski definition) is 6. The third-order valence-corrected chi connectivity index (χ3v) is 4.89. The van der Waals surface area contributed by atoms with Crippen molar-refractivity contribution in [1.82, 2.24) is 15.1 Å². The second-order valence-corrected chi connectivity index (χ2v) is 7.14. The number of benzene rings is 1. The van der Waals surface area contributed by atoms with Gasteiger partial charge in [-0.05, 0) is 24.3 Å². The first-order valence-electron chi connectivity index (χ1n) is 9.78. The smallest absolute Gasteiger partial charge is 0.416 e. The summed E-state index contributed by atoms with van der Waals surface area (Å²) in [4.78, 5) is 15.7. The summed E-state index contributed by atoms with van der Waals surface area (Å²) >= 11 is 0. The lowest BCUT2D eigenvalue weighted by atomic mass is 10.0. The minimum absolute atomic E-state index is 0.00393. The van der Waals surface area contributed by atoms with E-state index in [1.807, 2.05) is 0 Å². The van der Waals surface area contributed by atoms with Gasteiger partial charge in [0.15, 0.2) is 5.82 Å². The van der Waals surface area contributed by atoms with Crippen LogP contribution in [0.3, 0.4) is 0 Å². The third kappa shape index (κ3) is 6.24. The maximum absolute atomic E-state index is 13.1. The molecular formula is C20H20F6N4O3. The van der Waals surface area contributed by atoms with Gasteiger partial charge in [-0.2, -0.15) is 26.3 Å². The molecule has 0 bridgehead atoms. The van der Waals surface area contributed by atoms with Crippen molar-refractivity contribution >= 4 is 11.7 Å². The molecule has 3 rings (SSSR count). The Labute approximate surface area is 184 Å². The Morgan fingerprint density at radius 1 is 0.909 bits per heavy atom. The Morgan fingerprint density at radius 2 is 1.52 bits per heavy atom. The fourth-order valence-corrected chi connectivity index (χ4v) is 3.19. The summed E-state index contributed by atoms with van der Waals surface area (Å²) in [5.41, 5.74) is -3.72. The predicted molar refractivity (Wildman–Crippen MR) is 104 cm³/mol. The number of carbonyl (C=O) groups is 1. The Morgan fingerprint density at radius 3 is 2.00 bits per heavy atom. The van der Waals surface area contributed by atoms with E-state index in [1.165, 1.54) is 12.0 Å². The molecule has 180 valence electrons. The average Bonchev–Trinajstić information content (AvgIpc) is 2.78. The van der Waals surface area contributed by atoms with E-state index in [1.54, 1.807) is 17.0 Å². The third-order valence-electron chi connectivity index (χ3n) is 4.89. The largest absolute Gasteiger partial charge is 0.474 e. The number of nitrogens with zero attached hydrogens (tertiary/aromatic N) is 4. The highest BCUT2D eigenvalue weighted by Crippen LogP contribution is 2.36. The summed E-state index contributed by atoms with van der Waals surface area (Å²) in [6.07, 6.45) is -10.0. The molecule has 33 heavy (non-hydrogen) atoms. The van der Waals surface area contributed by atoms with Crippen LogP contribution in [0.5, 0.6) is 5.88 Å². The lowest BCUT2D eigenvalue weighted by molar-refractivity contribution is -0.143. The minimum atomic E-state index is -5.02. The van der Waals surface area contributed by atoms with Crippen LogP contribution in [0.25, 0.3) is 0 Å². The first-order chi connectivity index (χ1) is 15.5. The molecule has 0 unspecified atom stereocenters. The number of anilines is 1. The number of methoxy groups -OCH3 is 1. The number of alkyl halides is 6. The molecule has 0 atom stereocenters. The number of piperazine rings is 1. The lowest BCUT2D eigenvalue weighted by Gasteiger charge is -2.35. The molecular weight excluding hydrogens is 458 g/mol. The standard InChI is InChI=1S/C20H20F6N4O3/c1-32-8-9-33-17-3-2-16(27-28-17)29-4-6-30(7-5-29)18(31)13-10-14(19(21,22)23)12-15(11-13)20(24,25)26/h2-3,10-12H,4-9H2,1H3. The number of aromatic nitrogens is 2. The maximum atomic E-state index is 13.1. The molecule has 1 saturated heterocycles. The summed E-state index contributed by atoms with van der Waals surface area (Å²) < 4.78 is 88.6. The predicted octanol–water partition coefficient (Wildman–Crippen LogP) is 3.50. The fourth-order valence-electron chi connectivity index (χ4n) is 3.19. The molecule has 1 aromatic heterocycles. The van der Waals surface area contributed by atoms with Crippen molar-refractivity contribution in [2.45, 2.75) is 12.4 Å². The SMILES string of the molecule is COCCOc1ccc(N2CCN(C(=O)c3cc(C(F)(F)F)cc(C(F)(F)F)c3)CC2)nn1. The van der Waals surface area contributed by atoms with Gasteiger partial charge in [-0.25, -0.2) is 0 Å². The molecule has 0 spiro atoms. The molecule has 0 aliphatic carbocycles. The lowest BCUT2D eigenvalue weighted by Crippen LogP contribution is -2.49.